The molecule has 3 heterocycles. The van der Waals surface area contributed by atoms with Crippen LogP contribution in [-0.2, 0) is 20.7 Å². The van der Waals surface area contributed by atoms with E-state index in [0.717, 1.165) is 10.2 Å². The van der Waals surface area contributed by atoms with E-state index in [2.05, 4.69) is 46.6 Å². The van der Waals surface area contributed by atoms with Gasteiger partial charge in [0.2, 0.25) is 5.88 Å². The average Bonchev–Trinajstić information content (AvgIpc) is 2.68. The topological polar surface area (TPSA) is 131 Å². The fourth-order valence-corrected chi connectivity index (χ4v) is 2.85. The van der Waals surface area contributed by atoms with Gasteiger partial charge in [0.05, 0.1) is 12.0 Å². The first-order valence-corrected chi connectivity index (χ1v) is 10.1. The molecule has 0 saturated carbocycles. The largest absolute Gasteiger partial charge is 0.466 e. The molecular weight excluding hydrogens is 530 g/mol. The summed E-state index contributed by atoms with van der Waals surface area (Å²) in [5, 5.41) is 10.7. The van der Waals surface area contributed by atoms with E-state index in [0.29, 0.717) is 16.9 Å². The number of nitrogens with zero attached hydrogens (tertiary/aromatic N) is 3. The minimum atomic E-state index is -0.972. The van der Waals surface area contributed by atoms with E-state index >= 15 is 0 Å². The zero-order chi connectivity index (χ0) is 22.4. The van der Waals surface area contributed by atoms with E-state index < -0.39 is 17.0 Å². The summed E-state index contributed by atoms with van der Waals surface area (Å²) >= 11 is 6.31. The lowest BCUT2D eigenvalue weighted by Crippen LogP contribution is -2.30. The highest BCUT2D eigenvalue weighted by atomic mass is 79.9. The summed E-state index contributed by atoms with van der Waals surface area (Å²) in [4.78, 5) is 40.4. The lowest BCUT2D eigenvalue weighted by Gasteiger charge is -2.20. The van der Waals surface area contributed by atoms with Gasteiger partial charge in [-0.1, -0.05) is 6.07 Å². The highest BCUT2D eigenvalue weighted by Gasteiger charge is 2.25. The molecule has 10 nitrogen and oxygen atoms in total. The summed E-state index contributed by atoms with van der Waals surface area (Å²) in [5.74, 6) is -0.193. The molecular formula is C18H17Br2N3O7. The summed E-state index contributed by atoms with van der Waals surface area (Å²) < 4.78 is 16.0. The van der Waals surface area contributed by atoms with Gasteiger partial charge in [-0.05, 0) is 57.8 Å². The van der Waals surface area contributed by atoms with Crippen molar-refractivity contribution in [1.82, 2.24) is 9.97 Å². The molecule has 0 spiro atoms. The van der Waals surface area contributed by atoms with Gasteiger partial charge in [-0.2, -0.15) is 0 Å². The Balaban J connectivity index is 0.000000220. The maximum atomic E-state index is 11.3. The Labute approximate surface area is 188 Å². The maximum absolute atomic E-state index is 11.3. The Morgan fingerprint density at radius 1 is 1.27 bits per heavy atom. The molecule has 0 amide bonds. The van der Waals surface area contributed by atoms with Crippen LogP contribution in [0.5, 0.6) is 11.8 Å². The van der Waals surface area contributed by atoms with E-state index in [-0.39, 0.29) is 23.5 Å². The van der Waals surface area contributed by atoms with Gasteiger partial charge in [-0.15, -0.1) is 0 Å². The number of Topliss-reactive ketones (excluding diaryl/α,β-unsaturated/α-hetero) is 1. The van der Waals surface area contributed by atoms with Crippen molar-refractivity contribution >= 4 is 49.3 Å². The van der Waals surface area contributed by atoms with Gasteiger partial charge in [0.15, 0.2) is 18.0 Å². The van der Waals surface area contributed by atoms with Crippen LogP contribution in [0.25, 0.3) is 0 Å². The molecule has 2 aromatic heterocycles. The van der Waals surface area contributed by atoms with Crippen molar-refractivity contribution in [2.24, 2.45) is 0 Å². The van der Waals surface area contributed by atoms with Gasteiger partial charge < -0.3 is 14.2 Å². The maximum Gasteiger partial charge on any atom is 0.346 e. The molecule has 1 aliphatic heterocycles. The third kappa shape index (κ3) is 6.20. The molecule has 160 valence electrons. The molecule has 3 rings (SSSR count). The molecule has 1 aliphatic rings. The smallest absolute Gasteiger partial charge is 0.346 e. The Hall–Kier alpha value is -2.60. The number of carbonyl (C=O) groups is 2. The predicted molar refractivity (Wildman–Crippen MR) is 111 cm³/mol. The zero-order valence-electron chi connectivity index (χ0n) is 16.1. The van der Waals surface area contributed by atoms with E-state index in [1.807, 2.05) is 12.1 Å². The van der Waals surface area contributed by atoms with Crippen molar-refractivity contribution < 1.29 is 28.7 Å². The zero-order valence-corrected chi connectivity index (χ0v) is 19.3. The van der Waals surface area contributed by atoms with Crippen LogP contribution in [0, 0.1) is 10.1 Å². The second-order valence-corrected chi connectivity index (χ2v) is 7.62. The van der Waals surface area contributed by atoms with E-state index in [9.17, 15) is 19.7 Å². The minimum absolute atomic E-state index is 0.108. The lowest BCUT2D eigenvalue weighted by atomic mass is 10.0. The minimum Gasteiger partial charge on any atom is -0.466 e. The van der Waals surface area contributed by atoms with Crippen molar-refractivity contribution in [2.45, 2.75) is 32.5 Å². The van der Waals surface area contributed by atoms with Gasteiger partial charge in [0, 0.05) is 18.1 Å². The fraction of sp³-hybridized carbons (Fsp3) is 0.333. The van der Waals surface area contributed by atoms with Crippen LogP contribution in [0.15, 0.2) is 33.5 Å². The quantitative estimate of drug-likeness (QED) is 0.245. The summed E-state index contributed by atoms with van der Waals surface area (Å²) in [5.41, 5.74) is 0.551. The number of fused-ring (bicyclic) bond motifs is 1. The highest BCUT2D eigenvalue weighted by Crippen LogP contribution is 2.27. The number of halogens is 2. The third-order valence-corrected chi connectivity index (χ3v) is 4.72. The number of esters is 1. The third-order valence-electron chi connectivity index (χ3n) is 3.84. The number of ketones is 1. The molecule has 12 heteroatoms. The van der Waals surface area contributed by atoms with Crippen molar-refractivity contribution in [1.29, 1.82) is 0 Å². The number of hydrogen-bond acceptors (Lipinski definition) is 9. The van der Waals surface area contributed by atoms with Gasteiger partial charge >= 0.3 is 11.7 Å². The monoisotopic (exact) mass is 545 g/mol. The van der Waals surface area contributed by atoms with Crippen molar-refractivity contribution in [3.8, 4) is 11.8 Å². The number of rotatable bonds is 4. The van der Waals surface area contributed by atoms with E-state index in [1.165, 1.54) is 26.2 Å². The standard InChI is InChI=1S/C9H9BrN2O5.C9H8BrNO2/c1-5(9(13)16-2)17-8-6(12(14)15)3-4-7(10)11-8;1-5-7(12)4-6-2-3-8(10)11-9(6)13-5/h3-5H,1-2H3;2-3,5H,4H2,1H3. The fourth-order valence-electron chi connectivity index (χ4n) is 2.27. The predicted octanol–water partition coefficient (Wildman–Crippen LogP) is 3.43. The molecule has 0 fully saturated rings. The Morgan fingerprint density at radius 2 is 1.90 bits per heavy atom. The van der Waals surface area contributed by atoms with Crippen LogP contribution in [-0.4, -0.2) is 46.0 Å². The average molecular weight is 547 g/mol. The molecule has 0 N–H and O–H groups in total. The van der Waals surface area contributed by atoms with Crippen LogP contribution in [0.1, 0.15) is 19.4 Å². The van der Waals surface area contributed by atoms with Crippen LogP contribution >= 0.6 is 31.9 Å². The lowest BCUT2D eigenvalue weighted by molar-refractivity contribution is -0.386. The normalized spacial score (nSPS) is 15.6. The first-order valence-electron chi connectivity index (χ1n) is 8.52. The SMILES string of the molecule is CC1Oc2nc(Br)ccc2CC1=O.COC(=O)C(C)Oc1nc(Br)ccc1[N+](=O)[O-]. The molecule has 0 saturated heterocycles. The molecule has 2 aromatic rings. The van der Waals surface area contributed by atoms with Crippen molar-refractivity contribution in [3.05, 3.63) is 49.1 Å². The summed E-state index contributed by atoms with van der Waals surface area (Å²) in [6.07, 6.45) is -0.911. The number of pyridine rings is 2. The number of methoxy groups -OCH3 is 1. The first-order chi connectivity index (χ1) is 14.1. The van der Waals surface area contributed by atoms with Crippen LogP contribution in [0.3, 0.4) is 0 Å². The molecule has 0 bridgehead atoms. The Kier molecular flexibility index (Phi) is 8.24. The van der Waals surface area contributed by atoms with Gasteiger partial charge in [0.25, 0.3) is 5.88 Å². The van der Waals surface area contributed by atoms with Gasteiger partial charge in [0.1, 0.15) is 9.21 Å². The van der Waals surface area contributed by atoms with Crippen LogP contribution in [0.2, 0.25) is 0 Å². The number of hydrogen-bond donors (Lipinski definition) is 0. The number of ether oxygens (including phenoxy) is 3. The Bertz CT molecular complexity index is 971. The summed E-state index contributed by atoms with van der Waals surface area (Å²) in [6.45, 7) is 3.16. The number of aromatic nitrogens is 2. The Morgan fingerprint density at radius 3 is 2.53 bits per heavy atom. The van der Waals surface area contributed by atoms with E-state index in [1.54, 1.807) is 6.92 Å². The molecule has 2 atom stereocenters. The number of nitro groups is 1. The summed E-state index contributed by atoms with van der Waals surface area (Å²) in [7, 11) is 1.20. The second kappa shape index (κ2) is 10.4. The molecule has 30 heavy (non-hydrogen) atoms. The van der Waals surface area contributed by atoms with Crippen molar-refractivity contribution in [2.75, 3.05) is 7.11 Å². The van der Waals surface area contributed by atoms with Crippen LogP contribution < -0.4 is 9.47 Å². The second-order valence-electron chi connectivity index (χ2n) is 6.00. The number of carbonyl (C=O) groups excluding carboxylic acids is 2. The van der Waals surface area contributed by atoms with E-state index in [4.69, 9.17) is 9.47 Å². The van der Waals surface area contributed by atoms with Gasteiger partial charge in [-0.25, -0.2) is 14.8 Å². The van der Waals surface area contributed by atoms with Crippen molar-refractivity contribution in [3.63, 3.8) is 0 Å². The van der Waals surface area contributed by atoms with Crippen LogP contribution in [0.4, 0.5) is 5.69 Å². The molecule has 0 radical (unpaired) electrons. The van der Waals surface area contributed by atoms with Gasteiger partial charge in [-0.3, -0.25) is 14.9 Å². The first kappa shape index (κ1) is 23.7. The molecule has 2 unspecified atom stereocenters. The molecule has 0 aromatic carbocycles. The summed E-state index contributed by atoms with van der Waals surface area (Å²) in [6, 6.07) is 6.31. The molecule has 0 aliphatic carbocycles. The highest BCUT2D eigenvalue weighted by molar-refractivity contribution is 9.10.